The van der Waals surface area contributed by atoms with Crippen molar-refractivity contribution in [2.75, 3.05) is 0 Å². The van der Waals surface area contributed by atoms with E-state index in [4.69, 9.17) is 0 Å². The molecule has 2 N–H and O–H groups in total. The summed E-state index contributed by atoms with van der Waals surface area (Å²) < 4.78 is 43.1. The highest BCUT2D eigenvalue weighted by Gasteiger charge is 2.29. The lowest BCUT2D eigenvalue weighted by Crippen LogP contribution is -2.42. The van der Waals surface area contributed by atoms with Gasteiger partial charge < -0.3 is 5.11 Å². The number of aryl methyl sites for hydroxylation is 2. The van der Waals surface area contributed by atoms with Gasteiger partial charge >= 0.3 is 5.97 Å². The van der Waals surface area contributed by atoms with Gasteiger partial charge in [-0.2, -0.15) is 9.40 Å². The minimum absolute atomic E-state index is 0.0380. The van der Waals surface area contributed by atoms with Gasteiger partial charge in [-0.3, -0.25) is 4.79 Å². The molecule has 1 atom stereocenters. The van der Waals surface area contributed by atoms with Gasteiger partial charge in [-0.25, -0.2) is 12.8 Å². The van der Waals surface area contributed by atoms with Crippen LogP contribution < -0.4 is 4.72 Å². The first-order valence-electron chi connectivity index (χ1n) is 8.94. The maximum atomic E-state index is 13.2. The van der Waals surface area contributed by atoms with Gasteiger partial charge in [0.2, 0.25) is 10.0 Å². The van der Waals surface area contributed by atoms with Gasteiger partial charge in [-0.15, -0.1) is 5.10 Å². The van der Waals surface area contributed by atoms with E-state index in [0.29, 0.717) is 22.4 Å². The van der Waals surface area contributed by atoms with E-state index in [9.17, 15) is 22.7 Å². The highest BCUT2D eigenvalue weighted by Crippen LogP contribution is 2.28. The van der Waals surface area contributed by atoms with Crippen LogP contribution in [0.3, 0.4) is 0 Å². The fourth-order valence-electron chi connectivity index (χ4n) is 3.47. The van der Waals surface area contributed by atoms with Gasteiger partial charge in [0, 0.05) is 0 Å². The number of tetrazole rings is 1. The van der Waals surface area contributed by atoms with E-state index in [2.05, 4.69) is 20.2 Å². The van der Waals surface area contributed by atoms with Crippen LogP contribution >= 0.6 is 0 Å². The Hall–Kier alpha value is -3.18. The van der Waals surface area contributed by atoms with Gasteiger partial charge in [0.15, 0.2) is 0 Å². The second-order valence-electron chi connectivity index (χ2n) is 6.91. The normalized spacial score (nSPS) is 12.7. The van der Waals surface area contributed by atoms with E-state index < -0.39 is 27.9 Å². The number of carbonyl (C=O) groups is 1. The van der Waals surface area contributed by atoms with Gasteiger partial charge in [-0.05, 0) is 72.0 Å². The molecule has 30 heavy (non-hydrogen) atoms. The summed E-state index contributed by atoms with van der Waals surface area (Å²) in [5.74, 6) is -1.81. The van der Waals surface area contributed by atoms with Crippen LogP contribution in [0.4, 0.5) is 4.39 Å². The first kappa shape index (κ1) is 21.5. The molecule has 1 heterocycles. The van der Waals surface area contributed by atoms with E-state index in [1.807, 2.05) is 0 Å². The zero-order valence-corrected chi connectivity index (χ0v) is 17.3. The lowest BCUT2D eigenvalue weighted by molar-refractivity contribution is -0.138. The Labute approximate surface area is 172 Å². The first-order chi connectivity index (χ1) is 14.1. The minimum atomic E-state index is -4.21. The van der Waals surface area contributed by atoms with Crippen LogP contribution in [0.5, 0.6) is 0 Å². The Kier molecular flexibility index (Phi) is 5.94. The summed E-state index contributed by atoms with van der Waals surface area (Å²) in [5.41, 5.74) is 2.59. The third kappa shape index (κ3) is 4.36. The van der Waals surface area contributed by atoms with Crippen LogP contribution in [-0.2, 0) is 21.2 Å². The minimum Gasteiger partial charge on any atom is -0.480 e. The molecule has 2 aromatic carbocycles. The average Bonchev–Trinajstić information content (AvgIpc) is 3.16. The van der Waals surface area contributed by atoms with E-state index in [1.165, 1.54) is 35.3 Å². The smallest absolute Gasteiger partial charge is 0.322 e. The Morgan fingerprint density at radius 3 is 2.43 bits per heavy atom. The van der Waals surface area contributed by atoms with Crippen molar-refractivity contribution in [2.24, 2.45) is 0 Å². The van der Waals surface area contributed by atoms with Crippen LogP contribution in [0.1, 0.15) is 22.3 Å². The molecule has 0 saturated carbocycles. The summed E-state index contributed by atoms with van der Waals surface area (Å²) >= 11 is 0. The molecule has 0 radical (unpaired) electrons. The molecule has 0 unspecified atom stereocenters. The number of halogens is 1. The number of nitrogens with zero attached hydrogens (tertiary/aromatic N) is 4. The maximum absolute atomic E-state index is 13.2. The lowest BCUT2D eigenvalue weighted by Gasteiger charge is -2.20. The molecule has 1 aromatic heterocycles. The predicted octanol–water partition coefficient (Wildman–Crippen LogP) is 1.70. The summed E-state index contributed by atoms with van der Waals surface area (Å²) in [7, 11) is -4.21. The van der Waals surface area contributed by atoms with E-state index in [0.717, 1.165) is 5.56 Å². The van der Waals surface area contributed by atoms with Crippen molar-refractivity contribution in [1.82, 2.24) is 24.9 Å². The van der Waals surface area contributed by atoms with Crippen molar-refractivity contribution in [3.8, 4) is 5.69 Å². The number of carboxylic acid groups (broad SMARTS) is 1. The second kappa shape index (κ2) is 8.28. The van der Waals surface area contributed by atoms with Crippen LogP contribution in [0.25, 0.3) is 5.69 Å². The Morgan fingerprint density at radius 1 is 1.20 bits per heavy atom. The fourth-order valence-corrected chi connectivity index (χ4v) is 5.13. The van der Waals surface area contributed by atoms with E-state index >= 15 is 0 Å². The number of benzene rings is 2. The monoisotopic (exact) mass is 433 g/mol. The van der Waals surface area contributed by atoms with E-state index in [1.54, 1.807) is 26.8 Å². The largest absolute Gasteiger partial charge is 0.480 e. The zero-order valence-electron chi connectivity index (χ0n) is 16.5. The standard InChI is InChI=1S/C19H20FN5O4S/c1-11-8-12(2)18(13(3)17(11)25-10-21-23-24-25)30(28,29)22-16(19(26)27)9-14-4-6-15(20)7-5-14/h4-8,10,16,22H,9H2,1-3H3,(H,26,27)/t16-/m0/s1. The molecule has 3 aromatic rings. The number of nitrogens with one attached hydrogen (secondary N) is 1. The molecule has 0 spiro atoms. The van der Waals surface area contributed by atoms with E-state index in [-0.39, 0.29) is 11.3 Å². The molecule has 0 aliphatic heterocycles. The number of aliphatic carboxylic acids is 1. The summed E-state index contributed by atoms with van der Waals surface area (Å²) in [5, 5.41) is 20.5. The van der Waals surface area contributed by atoms with Crippen LogP contribution in [0.2, 0.25) is 0 Å². The first-order valence-corrected chi connectivity index (χ1v) is 10.4. The van der Waals surface area contributed by atoms with Crippen LogP contribution in [-0.4, -0.2) is 45.7 Å². The molecule has 3 rings (SSSR count). The van der Waals surface area contributed by atoms with Crippen LogP contribution in [0, 0.1) is 26.6 Å². The summed E-state index contributed by atoms with van der Waals surface area (Å²) in [6, 6.07) is 5.45. The Balaban J connectivity index is 2.00. The predicted molar refractivity (Wildman–Crippen MR) is 105 cm³/mol. The number of sulfonamides is 1. The molecule has 0 aliphatic carbocycles. The number of hydrogen-bond acceptors (Lipinski definition) is 6. The second-order valence-corrected chi connectivity index (χ2v) is 8.56. The molecular weight excluding hydrogens is 413 g/mol. The Bertz CT molecular complexity index is 1180. The molecular formula is C19H20FN5O4S. The average molecular weight is 433 g/mol. The molecule has 0 amide bonds. The summed E-state index contributed by atoms with van der Waals surface area (Å²) in [4.78, 5) is 11.7. The van der Waals surface area contributed by atoms with Crippen molar-refractivity contribution in [3.05, 3.63) is 64.7 Å². The quantitative estimate of drug-likeness (QED) is 0.580. The van der Waals surface area contributed by atoms with Crippen molar-refractivity contribution in [2.45, 2.75) is 38.1 Å². The number of aromatic nitrogens is 4. The summed E-state index contributed by atoms with van der Waals surface area (Å²) in [6.45, 7) is 5.05. The highest BCUT2D eigenvalue weighted by molar-refractivity contribution is 7.89. The Morgan fingerprint density at radius 2 is 1.87 bits per heavy atom. The SMILES string of the molecule is Cc1cc(C)c(S(=O)(=O)N[C@@H](Cc2ccc(F)cc2)C(=O)O)c(C)c1-n1cnnn1. The van der Waals surface area contributed by atoms with Gasteiger partial charge in [-0.1, -0.05) is 18.2 Å². The fraction of sp³-hybridized carbons (Fsp3) is 0.263. The molecule has 11 heteroatoms. The third-order valence-electron chi connectivity index (χ3n) is 4.66. The molecule has 0 saturated heterocycles. The molecule has 158 valence electrons. The number of carboxylic acids is 1. The lowest BCUT2D eigenvalue weighted by atomic mass is 10.1. The van der Waals surface area contributed by atoms with Crippen molar-refractivity contribution < 1.29 is 22.7 Å². The van der Waals surface area contributed by atoms with Crippen molar-refractivity contribution in [3.63, 3.8) is 0 Å². The highest BCUT2D eigenvalue weighted by atomic mass is 32.2. The van der Waals surface area contributed by atoms with Crippen molar-refractivity contribution in [1.29, 1.82) is 0 Å². The van der Waals surface area contributed by atoms with Crippen LogP contribution in [0.15, 0.2) is 41.6 Å². The molecule has 9 nitrogen and oxygen atoms in total. The molecule has 0 bridgehead atoms. The van der Waals surface area contributed by atoms with Crippen molar-refractivity contribution >= 4 is 16.0 Å². The number of hydrogen-bond donors (Lipinski definition) is 2. The zero-order chi connectivity index (χ0) is 22.1. The van der Waals surface area contributed by atoms with Gasteiger partial charge in [0.25, 0.3) is 0 Å². The summed E-state index contributed by atoms with van der Waals surface area (Å²) in [6.07, 6.45) is 1.21. The maximum Gasteiger partial charge on any atom is 0.322 e. The molecule has 0 aliphatic rings. The topological polar surface area (TPSA) is 127 Å². The number of rotatable bonds is 7. The third-order valence-corrected chi connectivity index (χ3v) is 6.42. The molecule has 0 fully saturated rings. The van der Waals surface area contributed by atoms with Gasteiger partial charge in [0.1, 0.15) is 18.2 Å². The van der Waals surface area contributed by atoms with Gasteiger partial charge in [0.05, 0.1) is 10.6 Å².